The Morgan fingerprint density at radius 1 is 0.682 bits per heavy atom. The molecule has 0 saturated carbocycles. The number of hydrogen-bond donors (Lipinski definition) is 0. The van der Waals surface area contributed by atoms with Gasteiger partial charge < -0.3 is 0 Å². The molecular weight excluding hydrogens is 339 g/mol. The standard InChI is InChI=1S/C20H24BrF/c1-19(2,3)15-7-13(8-16(11-15)20(4,5)6)14-9-17(21)12-18(22)10-14/h7-12H,1-6H3. The zero-order valence-corrected chi connectivity index (χ0v) is 15.8. The van der Waals surface area contributed by atoms with Crippen LogP contribution in [-0.4, -0.2) is 0 Å². The van der Waals surface area contributed by atoms with Crippen LogP contribution >= 0.6 is 15.9 Å². The summed E-state index contributed by atoms with van der Waals surface area (Å²) in [7, 11) is 0. The van der Waals surface area contributed by atoms with E-state index < -0.39 is 0 Å². The summed E-state index contributed by atoms with van der Waals surface area (Å²) in [5.74, 6) is -0.220. The van der Waals surface area contributed by atoms with Crippen molar-refractivity contribution in [2.75, 3.05) is 0 Å². The van der Waals surface area contributed by atoms with Gasteiger partial charge in [-0.25, -0.2) is 4.39 Å². The summed E-state index contributed by atoms with van der Waals surface area (Å²) in [5.41, 5.74) is 4.63. The molecule has 0 aliphatic carbocycles. The molecule has 0 spiro atoms. The first-order valence-corrected chi connectivity index (χ1v) is 8.39. The fraction of sp³-hybridized carbons (Fsp3) is 0.400. The summed E-state index contributed by atoms with van der Waals surface area (Å²) in [4.78, 5) is 0. The van der Waals surface area contributed by atoms with Crippen molar-refractivity contribution in [2.24, 2.45) is 0 Å². The Balaban J connectivity index is 2.70. The molecule has 2 aromatic rings. The van der Waals surface area contributed by atoms with Crippen LogP contribution in [0.4, 0.5) is 4.39 Å². The maximum Gasteiger partial charge on any atom is 0.124 e. The highest BCUT2D eigenvalue weighted by atomic mass is 79.9. The van der Waals surface area contributed by atoms with E-state index in [9.17, 15) is 4.39 Å². The first-order chi connectivity index (χ1) is 9.96. The second-order valence-corrected chi connectivity index (χ2v) is 8.87. The van der Waals surface area contributed by atoms with E-state index in [0.29, 0.717) is 0 Å². The summed E-state index contributed by atoms with van der Waals surface area (Å²) >= 11 is 3.39. The second kappa shape index (κ2) is 5.81. The van der Waals surface area contributed by atoms with Crippen molar-refractivity contribution in [3.8, 4) is 11.1 Å². The average Bonchev–Trinajstić information content (AvgIpc) is 2.35. The van der Waals surface area contributed by atoms with Gasteiger partial charge in [0.1, 0.15) is 5.82 Å². The molecule has 0 saturated heterocycles. The van der Waals surface area contributed by atoms with Crippen molar-refractivity contribution in [1.82, 2.24) is 0 Å². The van der Waals surface area contributed by atoms with Crippen LogP contribution in [-0.2, 0) is 10.8 Å². The van der Waals surface area contributed by atoms with Crippen LogP contribution < -0.4 is 0 Å². The van der Waals surface area contributed by atoms with E-state index >= 15 is 0 Å². The number of rotatable bonds is 1. The topological polar surface area (TPSA) is 0 Å². The van der Waals surface area contributed by atoms with Crippen molar-refractivity contribution in [2.45, 2.75) is 52.4 Å². The summed E-state index contributed by atoms with van der Waals surface area (Å²) in [6.07, 6.45) is 0. The summed E-state index contributed by atoms with van der Waals surface area (Å²) in [5, 5.41) is 0. The molecule has 0 aliphatic rings. The molecule has 2 rings (SSSR count). The molecule has 0 atom stereocenters. The lowest BCUT2D eigenvalue weighted by molar-refractivity contribution is 0.569. The van der Waals surface area contributed by atoms with Gasteiger partial charge in [-0.1, -0.05) is 75.7 Å². The third-order valence-electron chi connectivity index (χ3n) is 3.86. The quantitative estimate of drug-likeness (QED) is 0.520. The molecule has 0 bridgehead atoms. The van der Waals surface area contributed by atoms with Crippen molar-refractivity contribution in [3.63, 3.8) is 0 Å². The molecule has 0 unspecified atom stereocenters. The summed E-state index contributed by atoms with van der Waals surface area (Å²) in [6.45, 7) is 13.3. The largest absolute Gasteiger partial charge is 0.207 e. The van der Waals surface area contributed by atoms with Gasteiger partial charge in [0.15, 0.2) is 0 Å². The normalized spacial score (nSPS) is 12.5. The molecule has 0 amide bonds. The van der Waals surface area contributed by atoms with Gasteiger partial charge >= 0.3 is 0 Å². The predicted octanol–water partition coefficient (Wildman–Crippen LogP) is 6.85. The molecule has 22 heavy (non-hydrogen) atoms. The fourth-order valence-corrected chi connectivity index (χ4v) is 2.85. The first-order valence-electron chi connectivity index (χ1n) is 7.59. The van der Waals surface area contributed by atoms with Gasteiger partial charge in [0.2, 0.25) is 0 Å². The summed E-state index contributed by atoms with van der Waals surface area (Å²) < 4.78 is 14.5. The maximum absolute atomic E-state index is 13.8. The maximum atomic E-state index is 13.8. The average molecular weight is 363 g/mol. The molecule has 118 valence electrons. The zero-order valence-electron chi connectivity index (χ0n) is 14.2. The van der Waals surface area contributed by atoms with Crippen LogP contribution in [0.3, 0.4) is 0 Å². The van der Waals surface area contributed by atoms with Crippen LogP contribution in [0, 0.1) is 5.82 Å². The van der Waals surface area contributed by atoms with Crippen molar-refractivity contribution in [3.05, 3.63) is 57.8 Å². The van der Waals surface area contributed by atoms with E-state index in [4.69, 9.17) is 0 Å². The molecule has 0 radical (unpaired) electrons. The van der Waals surface area contributed by atoms with Gasteiger partial charge in [0, 0.05) is 4.47 Å². The van der Waals surface area contributed by atoms with Crippen LogP contribution in [0.25, 0.3) is 11.1 Å². The van der Waals surface area contributed by atoms with Gasteiger partial charge in [-0.2, -0.15) is 0 Å². The highest BCUT2D eigenvalue weighted by Gasteiger charge is 2.21. The Bertz CT molecular complexity index is 635. The Hall–Kier alpha value is -1.15. The van der Waals surface area contributed by atoms with Crippen LogP contribution in [0.5, 0.6) is 0 Å². The van der Waals surface area contributed by atoms with Gasteiger partial charge in [-0.05, 0) is 51.3 Å². The molecule has 0 fully saturated rings. The Kier molecular flexibility index (Phi) is 4.54. The Labute approximate surface area is 141 Å². The van der Waals surface area contributed by atoms with Gasteiger partial charge in [-0.15, -0.1) is 0 Å². The number of hydrogen-bond acceptors (Lipinski definition) is 0. The van der Waals surface area contributed by atoms with E-state index in [1.54, 1.807) is 6.07 Å². The minimum atomic E-state index is -0.220. The van der Waals surface area contributed by atoms with E-state index in [1.165, 1.54) is 17.2 Å². The van der Waals surface area contributed by atoms with E-state index in [1.807, 2.05) is 6.07 Å². The number of halogens is 2. The predicted molar refractivity (Wildman–Crippen MR) is 96.9 cm³/mol. The van der Waals surface area contributed by atoms with Gasteiger partial charge in [0.25, 0.3) is 0 Å². The lowest BCUT2D eigenvalue weighted by Crippen LogP contribution is -2.16. The van der Waals surface area contributed by atoms with E-state index in [2.05, 4.69) is 75.7 Å². The molecule has 0 heterocycles. The minimum absolute atomic E-state index is 0.0561. The van der Waals surface area contributed by atoms with Crippen molar-refractivity contribution >= 4 is 15.9 Å². The highest BCUT2D eigenvalue weighted by molar-refractivity contribution is 9.10. The molecule has 0 aromatic heterocycles. The smallest absolute Gasteiger partial charge is 0.124 e. The van der Waals surface area contributed by atoms with Crippen molar-refractivity contribution < 1.29 is 4.39 Å². The third kappa shape index (κ3) is 3.98. The molecule has 0 N–H and O–H groups in total. The van der Waals surface area contributed by atoms with E-state index in [-0.39, 0.29) is 16.6 Å². The molecule has 0 aliphatic heterocycles. The monoisotopic (exact) mass is 362 g/mol. The van der Waals surface area contributed by atoms with Gasteiger partial charge in [-0.3, -0.25) is 0 Å². The first kappa shape index (κ1) is 17.2. The fourth-order valence-electron chi connectivity index (χ4n) is 2.38. The Morgan fingerprint density at radius 3 is 1.55 bits per heavy atom. The molecule has 2 aromatic carbocycles. The van der Waals surface area contributed by atoms with Crippen molar-refractivity contribution in [1.29, 1.82) is 0 Å². The third-order valence-corrected chi connectivity index (χ3v) is 4.32. The molecular formula is C20H24BrF. The van der Waals surface area contributed by atoms with Gasteiger partial charge in [0.05, 0.1) is 0 Å². The SMILES string of the molecule is CC(C)(C)c1cc(-c2cc(F)cc(Br)c2)cc(C(C)(C)C)c1. The van der Waals surface area contributed by atoms with Crippen LogP contribution in [0.2, 0.25) is 0 Å². The van der Waals surface area contributed by atoms with Crippen LogP contribution in [0.15, 0.2) is 40.9 Å². The molecule has 0 nitrogen and oxygen atoms in total. The zero-order chi connectivity index (χ0) is 16.7. The molecule has 2 heteroatoms. The second-order valence-electron chi connectivity index (χ2n) is 7.96. The summed E-state index contributed by atoms with van der Waals surface area (Å²) in [6, 6.07) is 11.7. The number of benzene rings is 2. The Morgan fingerprint density at radius 2 is 1.14 bits per heavy atom. The highest BCUT2D eigenvalue weighted by Crippen LogP contribution is 2.34. The van der Waals surface area contributed by atoms with E-state index in [0.717, 1.165) is 15.6 Å². The van der Waals surface area contributed by atoms with Crippen LogP contribution in [0.1, 0.15) is 52.7 Å². The lowest BCUT2D eigenvalue weighted by Gasteiger charge is -2.26. The lowest BCUT2D eigenvalue weighted by atomic mass is 9.79. The minimum Gasteiger partial charge on any atom is -0.207 e.